The van der Waals surface area contributed by atoms with E-state index in [2.05, 4.69) is 5.10 Å². The number of nitrogens with zero attached hydrogens (tertiary/aromatic N) is 3. The Morgan fingerprint density at radius 3 is 2.41 bits per heavy atom. The highest BCUT2D eigenvalue weighted by Crippen LogP contribution is 2.24. The fourth-order valence-electron chi connectivity index (χ4n) is 3.75. The van der Waals surface area contributed by atoms with Crippen molar-refractivity contribution in [2.24, 2.45) is 0 Å². The number of aromatic nitrogens is 2. The SMILES string of the molecule is Cc1nn(Cc2ccccc2Cl)c(Cl)c1C(=O)OCc1ccc(C(=O)N2CCCC2)cc1. The summed E-state index contributed by atoms with van der Waals surface area (Å²) < 4.78 is 7.00. The van der Waals surface area contributed by atoms with E-state index in [4.69, 9.17) is 27.9 Å². The van der Waals surface area contributed by atoms with Crippen LogP contribution < -0.4 is 0 Å². The molecule has 1 aliphatic heterocycles. The molecule has 0 bridgehead atoms. The first kappa shape index (κ1) is 22.4. The second kappa shape index (κ2) is 9.76. The number of halogens is 2. The summed E-state index contributed by atoms with van der Waals surface area (Å²) >= 11 is 12.7. The Labute approximate surface area is 196 Å². The fourth-order valence-corrected chi connectivity index (χ4v) is 4.25. The van der Waals surface area contributed by atoms with Gasteiger partial charge >= 0.3 is 5.97 Å². The lowest BCUT2D eigenvalue weighted by Gasteiger charge is -2.15. The zero-order valence-corrected chi connectivity index (χ0v) is 19.2. The van der Waals surface area contributed by atoms with Gasteiger partial charge in [-0.3, -0.25) is 4.79 Å². The lowest BCUT2D eigenvalue weighted by Crippen LogP contribution is -2.27. The molecular weight excluding hydrogens is 449 g/mol. The van der Waals surface area contributed by atoms with E-state index in [1.54, 1.807) is 37.3 Å². The first-order chi connectivity index (χ1) is 15.4. The first-order valence-electron chi connectivity index (χ1n) is 10.5. The van der Waals surface area contributed by atoms with E-state index in [1.807, 2.05) is 23.1 Å². The van der Waals surface area contributed by atoms with Crippen molar-refractivity contribution in [3.63, 3.8) is 0 Å². The number of carbonyl (C=O) groups excluding carboxylic acids is 2. The molecule has 3 aromatic rings. The van der Waals surface area contributed by atoms with E-state index < -0.39 is 5.97 Å². The van der Waals surface area contributed by atoms with E-state index in [0.29, 0.717) is 22.8 Å². The summed E-state index contributed by atoms with van der Waals surface area (Å²) in [7, 11) is 0. The quantitative estimate of drug-likeness (QED) is 0.466. The number of benzene rings is 2. The molecule has 2 aromatic carbocycles. The maximum absolute atomic E-state index is 12.7. The van der Waals surface area contributed by atoms with Crippen LogP contribution in [0, 0.1) is 6.92 Å². The first-order valence-corrected chi connectivity index (χ1v) is 11.2. The molecule has 6 nitrogen and oxygen atoms in total. The molecule has 2 heterocycles. The number of hydrogen-bond acceptors (Lipinski definition) is 4. The maximum Gasteiger partial charge on any atom is 0.343 e. The number of rotatable bonds is 6. The molecule has 1 saturated heterocycles. The molecule has 0 saturated carbocycles. The Balaban J connectivity index is 1.40. The normalized spacial score (nSPS) is 13.4. The monoisotopic (exact) mass is 471 g/mol. The van der Waals surface area contributed by atoms with Crippen molar-refractivity contribution in [2.75, 3.05) is 13.1 Å². The number of carbonyl (C=O) groups is 2. The van der Waals surface area contributed by atoms with Crippen molar-refractivity contribution < 1.29 is 14.3 Å². The Morgan fingerprint density at radius 1 is 1.03 bits per heavy atom. The largest absolute Gasteiger partial charge is 0.457 e. The summed E-state index contributed by atoms with van der Waals surface area (Å²) in [6.07, 6.45) is 2.10. The van der Waals surface area contributed by atoms with Gasteiger partial charge in [-0.1, -0.05) is 53.5 Å². The van der Waals surface area contributed by atoms with Crippen LogP contribution in [0.4, 0.5) is 0 Å². The van der Waals surface area contributed by atoms with E-state index in [9.17, 15) is 9.59 Å². The van der Waals surface area contributed by atoms with Gasteiger partial charge in [-0.05, 0) is 49.1 Å². The molecule has 0 spiro atoms. The van der Waals surface area contributed by atoms with Crippen LogP contribution in [0.3, 0.4) is 0 Å². The molecule has 0 atom stereocenters. The predicted molar refractivity (Wildman–Crippen MR) is 123 cm³/mol. The molecule has 32 heavy (non-hydrogen) atoms. The molecule has 8 heteroatoms. The van der Waals surface area contributed by atoms with E-state index in [-0.39, 0.29) is 23.2 Å². The Hall–Kier alpha value is -2.83. The van der Waals surface area contributed by atoms with E-state index in [0.717, 1.165) is 37.1 Å². The zero-order chi connectivity index (χ0) is 22.7. The Bertz CT molecular complexity index is 1140. The second-order valence-electron chi connectivity index (χ2n) is 7.77. The fraction of sp³-hybridized carbons (Fsp3) is 0.292. The van der Waals surface area contributed by atoms with Crippen molar-refractivity contribution in [1.82, 2.24) is 14.7 Å². The smallest absolute Gasteiger partial charge is 0.343 e. The molecule has 1 fully saturated rings. The van der Waals surface area contributed by atoms with Gasteiger partial charge in [0.1, 0.15) is 17.3 Å². The van der Waals surface area contributed by atoms with Gasteiger partial charge in [-0.25, -0.2) is 9.48 Å². The predicted octanol–water partition coefficient (Wildman–Crippen LogP) is 5.14. The molecule has 166 valence electrons. The van der Waals surface area contributed by atoms with Crippen LogP contribution in [0.15, 0.2) is 48.5 Å². The van der Waals surface area contributed by atoms with Gasteiger partial charge in [0.15, 0.2) is 0 Å². The number of hydrogen-bond donors (Lipinski definition) is 0. The topological polar surface area (TPSA) is 64.4 Å². The molecule has 4 rings (SSSR count). The summed E-state index contributed by atoms with van der Waals surface area (Å²) in [4.78, 5) is 27.0. The average Bonchev–Trinajstić information content (AvgIpc) is 3.42. The highest BCUT2D eigenvalue weighted by molar-refractivity contribution is 6.33. The molecule has 1 aromatic heterocycles. The van der Waals surface area contributed by atoms with Crippen LogP contribution in [-0.4, -0.2) is 39.6 Å². The third kappa shape index (κ3) is 4.81. The van der Waals surface area contributed by atoms with Crippen LogP contribution in [0.1, 0.15) is 50.4 Å². The van der Waals surface area contributed by atoms with Gasteiger partial charge in [0, 0.05) is 23.7 Å². The van der Waals surface area contributed by atoms with Crippen molar-refractivity contribution in [2.45, 2.75) is 32.9 Å². The minimum Gasteiger partial charge on any atom is -0.457 e. The molecule has 1 aliphatic rings. The summed E-state index contributed by atoms with van der Waals surface area (Å²) in [5.41, 5.74) is 3.00. The van der Waals surface area contributed by atoms with Gasteiger partial charge in [0.2, 0.25) is 0 Å². The molecule has 0 unspecified atom stereocenters. The Morgan fingerprint density at radius 2 is 1.72 bits per heavy atom. The van der Waals surface area contributed by atoms with Crippen molar-refractivity contribution in [3.05, 3.63) is 86.7 Å². The third-order valence-corrected chi connectivity index (χ3v) is 6.26. The van der Waals surface area contributed by atoms with Crippen LogP contribution in [-0.2, 0) is 17.9 Å². The Kier molecular flexibility index (Phi) is 6.82. The number of ether oxygens (including phenoxy) is 1. The lowest BCUT2D eigenvalue weighted by molar-refractivity contribution is 0.0471. The lowest BCUT2D eigenvalue weighted by atomic mass is 10.1. The molecule has 1 amide bonds. The second-order valence-corrected chi connectivity index (χ2v) is 8.54. The maximum atomic E-state index is 12.7. The summed E-state index contributed by atoms with van der Waals surface area (Å²) in [5.74, 6) is -0.505. The molecule has 0 aliphatic carbocycles. The number of esters is 1. The van der Waals surface area contributed by atoms with Crippen LogP contribution in [0.5, 0.6) is 0 Å². The van der Waals surface area contributed by atoms with E-state index in [1.165, 1.54) is 4.68 Å². The van der Waals surface area contributed by atoms with Gasteiger partial charge in [0.05, 0.1) is 12.2 Å². The summed E-state index contributed by atoms with van der Waals surface area (Å²) in [6, 6.07) is 14.5. The standard InChI is InChI=1S/C24H23Cl2N3O3/c1-16-21(22(26)29(27-16)14-19-6-2-3-7-20(19)25)24(31)32-15-17-8-10-18(11-9-17)23(30)28-12-4-5-13-28/h2-3,6-11H,4-5,12-15H2,1H3. The van der Waals surface area contributed by atoms with Gasteiger partial charge in [-0.15, -0.1) is 0 Å². The summed E-state index contributed by atoms with van der Waals surface area (Å²) in [6.45, 7) is 3.75. The number of likely N-dealkylation sites (tertiary alicyclic amines) is 1. The van der Waals surface area contributed by atoms with Gasteiger partial charge in [-0.2, -0.15) is 5.10 Å². The average molecular weight is 472 g/mol. The van der Waals surface area contributed by atoms with Crippen LogP contribution in [0.25, 0.3) is 0 Å². The van der Waals surface area contributed by atoms with Crippen molar-refractivity contribution in [1.29, 1.82) is 0 Å². The van der Waals surface area contributed by atoms with Crippen molar-refractivity contribution in [3.8, 4) is 0 Å². The highest BCUT2D eigenvalue weighted by atomic mass is 35.5. The number of amides is 1. The molecule has 0 radical (unpaired) electrons. The third-order valence-electron chi connectivity index (χ3n) is 5.51. The highest BCUT2D eigenvalue weighted by Gasteiger charge is 2.23. The van der Waals surface area contributed by atoms with Crippen LogP contribution in [0.2, 0.25) is 10.2 Å². The van der Waals surface area contributed by atoms with Gasteiger partial charge in [0.25, 0.3) is 5.91 Å². The molecular formula is C24H23Cl2N3O3. The zero-order valence-electron chi connectivity index (χ0n) is 17.7. The minimum atomic E-state index is -0.546. The van der Waals surface area contributed by atoms with Crippen LogP contribution >= 0.6 is 23.2 Å². The summed E-state index contributed by atoms with van der Waals surface area (Å²) in [5, 5.41) is 5.19. The molecule has 0 N–H and O–H groups in total. The van der Waals surface area contributed by atoms with Gasteiger partial charge < -0.3 is 9.64 Å². The number of aryl methyl sites for hydroxylation is 1. The minimum absolute atomic E-state index is 0.0411. The van der Waals surface area contributed by atoms with E-state index >= 15 is 0 Å². The van der Waals surface area contributed by atoms with Crippen molar-refractivity contribution >= 4 is 35.1 Å².